The maximum Gasteiger partial charge on any atom is 0.322 e. The normalized spacial score (nSPS) is 11.6. The minimum Gasteiger partial charge on any atom is -0.493 e. The molecule has 0 aliphatic carbocycles. The third-order valence-electron chi connectivity index (χ3n) is 2.73. The zero-order valence-electron chi connectivity index (χ0n) is 11.6. The molecule has 19 heavy (non-hydrogen) atoms. The Balaban J connectivity index is 3.11. The van der Waals surface area contributed by atoms with Crippen LogP contribution in [0.4, 0.5) is 0 Å². The second kappa shape index (κ2) is 6.84. The van der Waals surface area contributed by atoms with Crippen molar-refractivity contribution in [3.8, 4) is 17.2 Å². The lowest BCUT2D eigenvalue weighted by Crippen LogP contribution is -2.33. The van der Waals surface area contributed by atoms with Crippen LogP contribution in [-0.2, 0) is 16.0 Å². The monoisotopic (exact) mass is 269 g/mol. The van der Waals surface area contributed by atoms with Crippen molar-refractivity contribution in [2.75, 3.05) is 28.4 Å². The molecule has 0 spiro atoms. The molecule has 0 radical (unpaired) electrons. The smallest absolute Gasteiger partial charge is 0.322 e. The SMILES string of the molecule is COC(=O)[C@@H](N)Cc1ccc(OC)c(OC)c1OC. The average molecular weight is 269 g/mol. The van der Waals surface area contributed by atoms with Crippen LogP contribution < -0.4 is 19.9 Å². The van der Waals surface area contributed by atoms with E-state index in [4.69, 9.17) is 19.9 Å². The molecule has 106 valence electrons. The number of esters is 1. The molecule has 0 saturated heterocycles. The zero-order chi connectivity index (χ0) is 14.4. The second-order valence-electron chi connectivity index (χ2n) is 3.83. The van der Waals surface area contributed by atoms with Crippen molar-refractivity contribution in [3.63, 3.8) is 0 Å². The molecule has 0 aliphatic heterocycles. The van der Waals surface area contributed by atoms with Crippen LogP contribution >= 0.6 is 0 Å². The van der Waals surface area contributed by atoms with Gasteiger partial charge in [-0.25, -0.2) is 0 Å². The Hall–Kier alpha value is -1.95. The predicted molar refractivity (Wildman–Crippen MR) is 69.8 cm³/mol. The number of nitrogens with two attached hydrogens (primary N) is 1. The Morgan fingerprint density at radius 2 is 1.74 bits per heavy atom. The summed E-state index contributed by atoms with van der Waals surface area (Å²) in [4.78, 5) is 11.3. The Morgan fingerprint density at radius 1 is 1.11 bits per heavy atom. The van der Waals surface area contributed by atoms with E-state index >= 15 is 0 Å². The van der Waals surface area contributed by atoms with Gasteiger partial charge in [-0.1, -0.05) is 6.07 Å². The summed E-state index contributed by atoms with van der Waals surface area (Å²) in [5.41, 5.74) is 6.49. The maximum atomic E-state index is 11.3. The summed E-state index contributed by atoms with van der Waals surface area (Å²) < 4.78 is 20.3. The van der Waals surface area contributed by atoms with Gasteiger partial charge in [0.1, 0.15) is 6.04 Å². The maximum absolute atomic E-state index is 11.3. The summed E-state index contributed by atoms with van der Waals surface area (Å²) in [5.74, 6) is 1.05. The van der Waals surface area contributed by atoms with E-state index in [1.165, 1.54) is 28.4 Å². The molecule has 0 bridgehead atoms. The molecule has 0 heterocycles. The number of rotatable bonds is 6. The number of carbonyl (C=O) groups is 1. The van der Waals surface area contributed by atoms with Crippen LogP contribution in [0.1, 0.15) is 5.56 Å². The average Bonchev–Trinajstić information content (AvgIpc) is 2.45. The van der Waals surface area contributed by atoms with Crippen molar-refractivity contribution >= 4 is 5.97 Å². The topological polar surface area (TPSA) is 80.0 Å². The van der Waals surface area contributed by atoms with Gasteiger partial charge in [-0.05, 0) is 6.07 Å². The molecule has 1 rings (SSSR count). The van der Waals surface area contributed by atoms with Gasteiger partial charge in [0.25, 0.3) is 0 Å². The van der Waals surface area contributed by atoms with Gasteiger partial charge in [0, 0.05) is 12.0 Å². The first-order valence-corrected chi connectivity index (χ1v) is 5.70. The lowest BCUT2D eigenvalue weighted by molar-refractivity contribution is -0.142. The van der Waals surface area contributed by atoms with Crippen molar-refractivity contribution in [2.24, 2.45) is 5.73 Å². The fourth-order valence-corrected chi connectivity index (χ4v) is 1.80. The second-order valence-corrected chi connectivity index (χ2v) is 3.83. The highest BCUT2D eigenvalue weighted by molar-refractivity contribution is 5.76. The van der Waals surface area contributed by atoms with Crippen molar-refractivity contribution < 1.29 is 23.7 Å². The van der Waals surface area contributed by atoms with Gasteiger partial charge in [0.2, 0.25) is 5.75 Å². The van der Waals surface area contributed by atoms with Crippen LogP contribution in [0.15, 0.2) is 12.1 Å². The van der Waals surface area contributed by atoms with Crippen molar-refractivity contribution in [1.82, 2.24) is 0 Å². The fraction of sp³-hybridized carbons (Fsp3) is 0.462. The minimum atomic E-state index is -0.753. The van der Waals surface area contributed by atoms with E-state index in [1.807, 2.05) is 0 Å². The first kappa shape index (κ1) is 15.1. The summed E-state index contributed by atoms with van der Waals surface area (Å²) in [6, 6.07) is 2.76. The quantitative estimate of drug-likeness (QED) is 0.768. The van der Waals surface area contributed by atoms with Crippen LogP contribution in [0.2, 0.25) is 0 Å². The molecule has 0 fully saturated rings. The Labute approximate surface area is 112 Å². The molecule has 0 unspecified atom stereocenters. The van der Waals surface area contributed by atoms with Gasteiger partial charge in [0.05, 0.1) is 28.4 Å². The largest absolute Gasteiger partial charge is 0.493 e. The first-order valence-electron chi connectivity index (χ1n) is 5.70. The lowest BCUT2D eigenvalue weighted by Gasteiger charge is -2.17. The van der Waals surface area contributed by atoms with E-state index < -0.39 is 12.0 Å². The van der Waals surface area contributed by atoms with Gasteiger partial charge in [-0.2, -0.15) is 0 Å². The third-order valence-corrected chi connectivity index (χ3v) is 2.73. The summed E-state index contributed by atoms with van der Waals surface area (Å²) >= 11 is 0. The number of hydrogen-bond donors (Lipinski definition) is 1. The molecule has 0 saturated carbocycles. The summed E-state index contributed by atoms with van der Waals surface area (Å²) in [7, 11) is 5.88. The standard InChI is InChI=1S/C13H19NO5/c1-16-10-6-5-8(7-9(14)13(15)19-4)11(17-2)12(10)18-3/h5-6,9H,7,14H2,1-4H3/t9-/m0/s1. The van der Waals surface area contributed by atoms with Crippen molar-refractivity contribution in [2.45, 2.75) is 12.5 Å². The molecular formula is C13H19NO5. The van der Waals surface area contributed by atoms with Crippen LogP contribution in [0.3, 0.4) is 0 Å². The van der Waals surface area contributed by atoms with Gasteiger partial charge in [-0.15, -0.1) is 0 Å². The van der Waals surface area contributed by atoms with E-state index in [1.54, 1.807) is 12.1 Å². The van der Waals surface area contributed by atoms with Crippen molar-refractivity contribution in [3.05, 3.63) is 17.7 Å². The summed E-state index contributed by atoms with van der Waals surface area (Å²) in [5, 5.41) is 0. The van der Waals surface area contributed by atoms with Crippen molar-refractivity contribution in [1.29, 1.82) is 0 Å². The minimum absolute atomic E-state index is 0.288. The number of methoxy groups -OCH3 is 4. The third kappa shape index (κ3) is 3.29. The zero-order valence-corrected chi connectivity index (χ0v) is 11.6. The summed E-state index contributed by atoms with van der Waals surface area (Å²) in [6.45, 7) is 0. The molecule has 6 heteroatoms. The molecule has 0 aliphatic rings. The Morgan fingerprint density at radius 3 is 2.21 bits per heavy atom. The predicted octanol–water partition coefficient (Wildman–Crippen LogP) is 0.755. The molecule has 6 nitrogen and oxygen atoms in total. The molecule has 1 aromatic rings. The molecular weight excluding hydrogens is 250 g/mol. The first-order chi connectivity index (χ1) is 9.08. The highest BCUT2D eigenvalue weighted by atomic mass is 16.5. The highest BCUT2D eigenvalue weighted by Crippen LogP contribution is 2.40. The van der Waals surface area contributed by atoms with Gasteiger partial charge < -0.3 is 24.7 Å². The van der Waals surface area contributed by atoms with Gasteiger partial charge >= 0.3 is 5.97 Å². The van der Waals surface area contributed by atoms with E-state index in [2.05, 4.69) is 4.74 Å². The molecule has 1 atom stereocenters. The molecule has 0 amide bonds. The number of benzene rings is 1. The van der Waals surface area contributed by atoms with Crippen LogP contribution in [0.5, 0.6) is 17.2 Å². The van der Waals surface area contributed by atoms with E-state index in [0.717, 1.165) is 5.56 Å². The number of hydrogen-bond acceptors (Lipinski definition) is 6. The highest BCUT2D eigenvalue weighted by Gasteiger charge is 2.21. The molecule has 0 aromatic heterocycles. The molecule has 2 N–H and O–H groups in total. The van der Waals surface area contributed by atoms with Crippen LogP contribution in [0.25, 0.3) is 0 Å². The Kier molecular flexibility index (Phi) is 5.44. The summed E-state index contributed by atoms with van der Waals surface area (Å²) in [6.07, 6.45) is 0.288. The van der Waals surface area contributed by atoms with Gasteiger partial charge in [0.15, 0.2) is 11.5 Å². The number of ether oxygens (including phenoxy) is 4. The van der Waals surface area contributed by atoms with E-state index in [9.17, 15) is 4.79 Å². The lowest BCUT2D eigenvalue weighted by atomic mass is 10.0. The fourth-order valence-electron chi connectivity index (χ4n) is 1.80. The van der Waals surface area contributed by atoms with Crippen LogP contribution in [-0.4, -0.2) is 40.5 Å². The van der Waals surface area contributed by atoms with E-state index in [0.29, 0.717) is 17.2 Å². The molecule has 1 aromatic carbocycles. The number of carbonyl (C=O) groups excluding carboxylic acids is 1. The Bertz CT molecular complexity index is 447. The van der Waals surface area contributed by atoms with Crippen LogP contribution in [0, 0.1) is 0 Å². The van der Waals surface area contributed by atoms with E-state index in [-0.39, 0.29) is 6.42 Å². The van der Waals surface area contributed by atoms with Gasteiger partial charge in [-0.3, -0.25) is 4.79 Å².